The first-order chi connectivity index (χ1) is 15.1. The van der Waals surface area contributed by atoms with Crippen LogP contribution in [0.2, 0.25) is 0 Å². The molecule has 3 heterocycles. The third-order valence-electron chi connectivity index (χ3n) is 4.81. The Morgan fingerprint density at radius 2 is 1.81 bits per heavy atom. The second kappa shape index (κ2) is 10.0. The van der Waals surface area contributed by atoms with Crippen LogP contribution in [0.4, 0.5) is 13.2 Å². The Morgan fingerprint density at radius 1 is 1.16 bits per heavy atom. The van der Waals surface area contributed by atoms with E-state index in [1.54, 1.807) is 16.8 Å². The van der Waals surface area contributed by atoms with Gasteiger partial charge in [0.15, 0.2) is 0 Å². The topological polar surface area (TPSA) is 87.8 Å². The van der Waals surface area contributed by atoms with Crippen LogP contribution in [0.25, 0.3) is 5.78 Å². The van der Waals surface area contributed by atoms with E-state index in [1.807, 2.05) is 28.9 Å². The summed E-state index contributed by atoms with van der Waals surface area (Å²) in [4.78, 5) is 33.4. The van der Waals surface area contributed by atoms with Gasteiger partial charge < -0.3 is 10.0 Å². The summed E-state index contributed by atoms with van der Waals surface area (Å²) in [5.41, 5.74) is 1.80. The van der Waals surface area contributed by atoms with Gasteiger partial charge in [-0.3, -0.25) is 9.20 Å². The Balaban J connectivity index is 0.000000360. The molecule has 0 bridgehead atoms. The number of carbonyl (C=O) groups is 2. The number of carboxylic acids is 1. The van der Waals surface area contributed by atoms with Crippen molar-refractivity contribution in [3.63, 3.8) is 0 Å². The van der Waals surface area contributed by atoms with Crippen LogP contribution in [0.1, 0.15) is 28.9 Å². The highest BCUT2D eigenvalue weighted by Crippen LogP contribution is 2.32. The number of rotatable bonds is 3. The van der Waals surface area contributed by atoms with Gasteiger partial charge in [0.2, 0.25) is 5.78 Å². The molecule has 1 fully saturated rings. The summed E-state index contributed by atoms with van der Waals surface area (Å²) < 4.78 is 33.5. The minimum atomic E-state index is -5.08. The molecule has 1 amide bonds. The number of benzene rings is 1. The van der Waals surface area contributed by atoms with Crippen LogP contribution in [-0.4, -0.2) is 60.8 Å². The van der Waals surface area contributed by atoms with Crippen molar-refractivity contribution in [3.05, 3.63) is 60.2 Å². The zero-order valence-corrected chi connectivity index (χ0v) is 17.9. The SMILES string of the molecule is Cc1ccccc1SC1CCN(C(=O)c2cn3cccnc3n2)CC1.O=C(O)C(F)(F)F. The van der Waals surface area contributed by atoms with Crippen molar-refractivity contribution in [1.82, 2.24) is 19.3 Å². The molecule has 1 aromatic carbocycles. The molecule has 0 aliphatic carbocycles. The van der Waals surface area contributed by atoms with E-state index in [4.69, 9.17) is 9.90 Å². The van der Waals surface area contributed by atoms with Gasteiger partial charge in [0.25, 0.3) is 5.91 Å². The molecule has 3 aromatic rings. The number of alkyl halides is 3. The monoisotopic (exact) mass is 466 g/mol. The molecule has 32 heavy (non-hydrogen) atoms. The first-order valence-electron chi connectivity index (χ1n) is 9.76. The summed E-state index contributed by atoms with van der Waals surface area (Å²) in [5.74, 6) is -2.19. The van der Waals surface area contributed by atoms with Gasteiger partial charge in [0.1, 0.15) is 5.69 Å². The van der Waals surface area contributed by atoms with Crippen molar-refractivity contribution in [2.45, 2.75) is 36.1 Å². The van der Waals surface area contributed by atoms with Crippen molar-refractivity contribution in [1.29, 1.82) is 0 Å². The molecule has 11 heteroatoms. The summed E-state index contributed by atoms with van der Waals surface area (Å²) >= 11 is 1.94. The summed E-state index contributed by atoms with van der Waals surface area (Å²) in [6, 6.07) is 10.3. The maximum atomic E-state index is 12.7. The third kappa shape index (κ3) is 6.00. The number of piperidine rings is 1. The van der Waals surface area contributed by atoms with Crippen LogP contribution in [0.3, 0.4) is 0 Å². The zero-order chi connectivity index (χ0) is 23.3. The Hall–Kier alpha value is -3.08. The fourth-order valence-electron chi connectivity index (χ4n) is 3.14. The lowest BCUT2D eigenvalue weighted by Crippen LogP contribution is -2.39. The highest BCUT2D eigenvalue weighted by atomic mass is 32.2. The van der Waals surface area contributed by atoms with Gasteiger partial charge in [0, 0.05) is 41.8 Å². The molecular weight excluding hydrogens is 445 g/mol. The van der Waals surface area contributed by atoms with Gasteiger partial charge in [-0.2, -0.15) is 13.2 Å². The molecule has 0 radical (unpaired) electrons. The molecule has 0 saturated carbocycles. The van der Waals surface area contributed by atoms with E-state index in [2.05, 4.69) is 41.2 Å². The molecule has 0 unspecified atom stereocenters. The van der Waals surface area contributed by atoms with Crippen molar-refractivity contribution >= 4 is 29.4 Å². The van der Waals surface area contributed by atoms with Crippen molar-refractivity contribution in [3.8, 4) is 0 Å². The largest absolute Gasteiger partial charge is 0.490 e. The third-order valence-corrected chi connectivity index (χ3v) is 6.33. The van der Waals surface area contributed by atoms with Crippen LogP contribution in [0, 0.1) is 6.92 Å². The summed E-state index contributed by atoms with van der Waals surface area (Å²) in [6.45, 7) is 3.71. The van der Waals surface area contributed by atoms with Crippen LogP contribution in [-0.2, 0) is 4.79 Å². The number of carboxylic acid groups (broad SMARTS) is 1. The lowest BCUT2D eigenvalue weighted by Gasteiger charge is -2.31. The minimum Gasteiger partial charge on any atom is -0.475 e. The Bertz CT molecular complexity index is 1060. The first kappa shape index (κ1) is 23.6. The van der Waals surface area contributed by atoms with E-state index in [0.29, 0.717) is 16.7 Å². The molecule has 170 valence electrons. The fourth-order valence-corrected chi connectivity index (χ4v) is 4.36. The normalized spacial score (nSPS) is 14.7. The number of likely N-dealkylation sites (tertiary alicyclic amines) is 1. The number of hydrogen-bond acceptors (Lipinski definition) is 5. The van der Waals surface area contributed by atoms with Gasteiger partial charge in [-0.25, -0.2) is 14.8 Å². The number of thioether (sulfide) groups is 1. The minimum absolute atomic E-state index is 0.00448. The molecule has 0 spiro atoms. The van der Waals surface area contributed by atoms with Crippen molar-refractivity contribution < 1.29 is 27.9 Å². The number of hydrogen-bond donors (Lipinski definition) is 1. The van der Waals surface area contributed by atoms with Crippen LogP contribution < -0.4 is 0 Å². The number of aliphatic carboxylic acids is 1. The lowest BCUT2D eigenvalue weighted by atomic mass is 10.1. The van der Waals surface area contributed by atoms with Crippen LogP contribution in [0.5, 0.6) is 0 Å². The number of aryl methyl sites for hydroxylation is 1. The van der Waals surface area contributed by atoms with Crippen molar-refractivity contribution in [2.24, 2.45) is 0 Å². The standard InChI is InChI=1S/C19H20N4OS.C2HF3O2/c1-14-5-2-3-6-17(14)25-15-7-11-22(12-8-15)18(24)16-13-23-10-4-9-20-19(23)21-16;3-2(4,5)1(6)7/h2-6,9-10,13,15H,7-8,11-12H2,1H3;(H,6,7). The second-order valence-corrected chi connectivity index (χ2v) is 8.47. The molecule has 1 saturated heterocycles. The predicted octanol–water partition coefficient (Wildman–Crippen LogP) is 4.07. The van der Waals surface area contributed by atoms with Gasteiger partial charge in [0.05, 0.1) is 0 Å². The fraction of sp³-hybridized carbons (Fsp3) is 0.333. The quantitative estimate of drug-likeness (QED) is 0.626. The molecule has 7 nitrogen and oxygen atoms in total. The van der Waals surface area contributed by atoms with E-state index in [1.165, 1.54) is 10.5 Å². The predicted molar refractivity (Wildman–Crippen MR) is 113 cm³/mol. The number of fused-ring (bicyclic) bond motifs is 1. The zero-order valence-electron chi connectivity index (χ0n) is 17.1. The summed E-state index contributed by atoms with van der Waals surface area (Å²) in [6.07, 6.45) is 2.24. The molecule has 4 rings (SSSR count). The smallest absolute Gasteiger partial charge is 0.475 e. The van der Waals surface area contributed by atoms with Crippen molar-refractivity contribution in [2.75, 3.05) is 13.1 Å². The Morgan fingerprint density at radius 3 is 2.41 bits per heavy atom. The van der Waals surface area contributed by atoms with E-state index in [9.17, 15) is 18.0 Å². The highest BCUT2D eigenvalue weighted by Gasteiger charge is 2.38. The number of aromatic nitrogens is 3. The molecule has 0 atom stereocenters. The average molecular weight is 466 g/mol. The molecule has 1 aliphatic heterocycles. The maximum absolute atomic E-state index is 12.7. The van der Waals surface area contributed by atoms with E-state index in [0.717, 1.165) is 25.9 Å². The van der Waals surface area contributed by atoms with Gasteiger partial charge in [-0.1, -0.05) is 18.2 Å². The highest BCUT2D eigenvalue weighted by molar-refractivity contribution is 8.00. The van der Waals surface area contributed by atoms with Gasteiger partial charge in [-0.05, 0) is 37.5 Å². The number of carbonyl (C=O) groups excluding carboxylic acids is 1. The van der Waals surface area contributed by atoms with Crippen LogP contribution in [0.15, 0.2) is 53.8 Å². The molecule has 1 aliphatic rings. The Labute approximate surface area is 186 Å². The van der Waals surface area contributed by atoms with Gasteiger partial charge in [-0.15, -0.1) is 11.8 Å². The average Bonchev–Trinajstić information content (AvgIpc) is 3.19. The molecule has 2 aromatic heterocycles. The summed E-state index contributed by atoms with van der Waals surface area (Å²) in [5, 5.41) is 7.69. The first-order valence-corrected chi connectivity index (χ1v) is 10.6. The summed E-state index contributed by atoms with van der Waals surface area (Å²) in [7, 11) is 0. The lowest BCUT2D eigenvalue weighted by molar-refractivity contribution is -0.192. The molecular formula is C21H21F3N4O3S. The van der Waals surface area contributed by atoms with Gasteiger partial charge >= 0.3 is 12.1 Å². The maximum Gasteiger partial charge on any atom is 0.490 e. The molecule has 1 N–H and O–H groups in total. The number of amides is 1. The number of imidazole rings is 1. The van der Waals surface area contributed by atoms with E-state index < -0.39 is 12.1 Å². The van der Waals surface area contributed by atoms with E-state index >= 15 is 0 Å². The van der Waals surface area contributed by atoms with E-state index in [-0.39, 0.29) is 5.91 Å². The van der Waals surface area contributed by atoms with Crippen LogP contribution >= 0.6 is 11.8 Å². The number of nitrogens with zero attached hydrogens (tertiary/aromatic N) is 4. The number of halogens is 3. The second-order valence-electron chi connectivity index (χ2n) is 7.13. The Kier molecular flexibility index (Phi) is 7.39.